The van der Waals surface area contributed by atoms with E-state index < -0.39 is 0 Å². The number of para-hydroxylation sites is 1. The summed E-state index contributed by atoms with van der Waals surface area (Å²) < 4.78 is 7.59. The number of morpholine rings is 1. The van der Waals surface area contributed by atoms with Gasteiger partial charge in [0.1, 0.15) is 0 Å². The first-order valence-corrected chi connectivity index (χ1v) is 12.4. The molecule has 2 fully saturated rings. The number of ether oxygens (including phenoxy) is 1. The SMILES string of the molecule is CCN(C(=O)C(C)Sc1nnc(N2CCOCC2)n1-c1ccccc1)C1CCCCC1. The second-order valence-corrected chi connectivity index (χ2v) is 9.54. The molecule has 0 bridgehead atoms. The van der Waals surface area contributed by atoms with E-state index in [0.29, 0.717) is 19.3 Å². The third-order valence-electron chi connectivity index (χ3n) is 6.19. The first-order chi connectivity index (χ1) is 15.2. The van der Waals surface area contributed by atoms with Gasteiger partial charge in [0.15, 0.2) is 5.16 Å². The number of carbonyl (C=O) groups is 1. The van der Waals surface area contributed by atoms with E-state index in [0.717, 1.165) is 49.3 Å². The molecule has 1 aromatic heterocycles. The van der Waals surface area contributed by atoms with Crippen LogP contribution in [0.1, 0.15) is 46.0 Å². The molecule has 8 heteroatoms. The highest BCUT2D eigenvalue weighted by Gasteiger charge is 2.30. The summed E-state index contributed by atoms with van der Waals surface area (Å²) >= 11 is 1.51. The summed E-state index contributed by atoms with van der Waals surface area (Å²) in [5.74, 6) is 1.02. The highest BCUT2D eigenvalue weighted by atomic mass is 32.2. The Hall–Kier alpha value is -2.06. The molecule has 7 nitrogen and oxygen atoms in total. The van der Waals surface area contributed by atoms with E-state index in [2.05, 4.69) is 43.6 Å². The molecule has 31 heavy (non-hydrogen) atoms. The second kappa shape index (κ2) is 10.5. The molecule has 1 unspecified atom stereocenters. The molecular weight excluding hydrogens is 410 g/mol. The average Bonchev–Trinajstić information content (AvgIpc) is 3.24. The van der Waals surface area contributed by atoms with Gasteiger partial charge in [0, 0.05) is 25.7 Å². The van der Waals surface area contributed by atoms with Gasteiger partial charge in [0.25, 0.3) is 0 Å². The van der Waals surface area contributed by atoms with Gasteiger partial charge < -0.3 is 14.5 Å². The largest absolute Gasteiger partial charge is 0.378 e. The van der Waals surface area contributed by atoms with Crippen LogP contribution < -0.4 is 4.90 Å². The Morgan fingerprint density at radius 3 is 2.55 bits per heavy atom. The van der Waals surface area contributed by atoms with Crippen molar-refractivity contribution in [1.82, 2.24) is 19.7 Å². The van der Waals surface area contributed by atoms with Crippen molar-refractivity contribution >= 4 is 23.6 Å². The predicted octanol–water partition coefficient (Wildman–Crippen LogP) is 3.77. The van der Waals surface area contributed by atoms with Crippen LogP contribution in [-0.2, 0) is 9.53 Å². The molecule has 1 atom stereocenters. The number of aromatic nitrogens is 3. The van der Waals surface area contributed by atoms with Crippen molar-refractivity contribution in [3.05, 3.63) is 30.3 Å². The summed E-state index contributed by atoms with van der Waals surface area (Å²) in [6.45, 7) is 7.80. The van der Waals surface area contributed by atoms with E-state index in [4.69, 9.17) is 4.74 Å². The fourth-order valence-corrected chi connectivity index (χ4v) is 5.47. The molecular formula is C23H33N5O2S. The molecule has 168 valence electrons. The lowest BCUT2D eigenvalue weighted by molar-refractivity contribution is -0.133. The van der Waals surface area contributed by atoms with Gasteiger partial charge in [-0.15, -0.1) is 10.2 Å². The molecule has 0 N–H and O–H groups in total. The second-order valence-electron chi connectivity index (χ2n) is 8.23. The van der Waals surface area contributed by atoms with Crippen molar-refractivity contribution in [2.75, 3.05) is 37.7 Å². The number of carbonyl (C=O) groups excluding carboxylic acids is 1. The van der Waals surface area contributed by atoms with Crippen molar-refractivity contribution in [3.8, 4) is 5.69 Å². The Kier molecular flexibility index (Phi) is 7.50. The molecule has 2 heterocycles. The summed E-state index contributed by atoms with van der Waals surface area (Å²) in [6.07, 6.45) is 5.98. The molecule has 2 aliphatic rings. The van der Waals surface area contributed by atoms with Crippen molar-refractivity contribution in [3.63, 3.8) is 0 Å². The molecule has 1 aliphatic heterocycles. The first kappa shape index (κ1) is 22.1. The van der Waals surface area contributed by atoms with Crippen LogP contribution in [0.15, 0.2) is 35.5 Å². The van der Waals surface area contributed by atoms with Crippen LogP contribution >= 0.6 is 11.8 Å². The van der Waals surface area contributed by atoms with Crippen LogP contribution in [0.3, 0.4) is 0 Å². The van der Waals surface area contributed by atoms with Gasteiger partial charge in [-0.05, 0) is 38.8 Å². The minimum atomic E-state index is -0.217. The molecule has 1 amide bonds. The molecule has 0 spiro atoms. The minimum Gasteiger partial charge on any atom is -0.378 e. The van der Waals surface area contributed by atoms with Crippen LogP contribution in [0.2, 0.25) is 0 Å². The van der Waals surface area contributed by atoms with Crippen LogP contribution in [0.4, 0.5) is 5.95 Å². The van der Waals surface area contributed by atoms with E-state index >= 15 is 0 Å². The highest BCUT2D eigenvalue weighted by molar-refractivity contribution is 8.00. The number of amides is 1. The standard InChI is InChI=1S/C23H33N5O2S/c1-3-27(19-10-6-4-7-11-19)21(29)18(2)31-23-25-24-22(26-14-16-30-17-15-26)28(23)20-12-8-5-9-13-20/h5,8-9,12-13,18-19H,3-4,6-7,10-11,14-17H2,1-2H3. The number of rotatable bonds is 7. The Bertz CT molecular complexity index is 847. The van der Waals surface area contributed by atoms with Crippen molar-refractivity contribution < 1.29 is 9.53 Å². The maximum atomic E-state index is 13.4. The quantitative estimate of drug-likeness (QED) is 0.607. The fourth-order valence-electron chi connectivity index (χ4n) is 4.54. The summed E-state index contributed by atoms with van der Waals surface area (Å²) in [4.78, 5) is 17.6. The van der Waals surface area contributed by atoms with Crippen molar-refractivity contribution in [2.45, 2.75) is 62.4 Å². The topological polar surface area (TPSA) is 63.5 Å². The van der Waals surface area contributed by atoms with E-state index in [1.165, 1.54) is 31.0 Å². The predicted molar refractivity (Wildman–Crippen MR) is 124 cm³/mol. The summed E-state index contributed by atoms with van der Waals surface area (Å²) in [5.41, 5.74) is 1.01. The lowest BCUT2D eigenvalue weighted by Crippen LogP contribution is -2.44. The Morgan fingerprint density at radius 2 is 1.87 bits per heavy atom. The summed E-state index contributed by atoms with van der Waals surface area (Å²) in [6, 6.07) is 10.5. The Balaban J connectivity index is 1.57. The van der Waals surface area contributed by atoms with Crippen molar-refractivity contribution in [2.24, 2.45) is 0 Å². The number of nitrogens with zero attached hydrogens (tertiary/aromatic N) is 5. The summed E-state index contributed by atoms with van der Waals surface area (Å²) in [7, 11) is 0. The van der Waals surface area contributed by atoms with Gasteiger partial charge in [0.2, 0.25) is 11.9 Å². The summed E-state index contributed by atoms with van der Waals surface area (Å²) in [5, 5.41) is 9.57. The number of hydrogen-bond acceptors (Lipinski definition) is 6. The lowest BCUT2D eigenvalue weighted by Gasteiger charge is -2.35. The molecule has 1 aromatic carbocycles. The lowest BCUT2D eigenvalue weighted by atomic mass is 9.94. The Morgan fingerprint density at radius 1 is 1.16 bits per heavy atom. The fraction of sp³-hybridized carbons (Fsp3) is 0.609. The Labute approximate surface area is 189 Å². The van der Waals surface area contributed by atoms with Gasteiger partial charge in [0.05, 0.1) is 24.2 Å². The van der Waals surface area contributed by atoms with Crippen LogP contribution in [-0.4, -0.2) is 69.7 Å². The van der Waals surface area contributed by atoms with Gasteiger partial charge in [-0.3, -0.25) is 9.36 Å². The number of thioether (sulfide) groups is 1. The average molecular weight is 444 g/mol. The van der Waals surface area contributed by atoms with Crippen molar-refractivity contribution in [1.29, 1.82) is 0 Å². The zero-order valence-electron chi connectivity index (χ0n) is 18.6. The van der Waals surface area contributed by atoms with Gasteiger partial charge in [-0.2, -0.15) is 0 Å². The maximum Gasteiger partial charge on any atom is 0.236 e. The highest BCUT2D eigenvalue weighted by Crippen LogP contribution is 2.31. The molecule has 2 aromatic rings. The van der Waals surface area contributed by atoms with E-state index in [9.17, 15) is 4.79 Å². The molecule has 1 saturated carbocycles. The smallest absolute Gasteiger partial charge is 0.236 e. The molecule has 0 radical (unpaired) electrons. The number of anilines is 1. The van der Waals surface area contributed by atoms with Crippen LogP contribution in [0, 0.1) is 0 Å². The van der Waals surface area contributed by atoms with E-state index in [1.54, 1.807) is 0 Å². The zero-order chi connectivity index (χ0) is 21.6. The maximum absolute atomic E-state index is 13.4. The van der Waals surface area contributed by atoms with E-state index in [-0.39, 0.29) is 11.2 Å². The molecule has 1 saturated heterocycles. The molecule has 1 aliphatic carbocycles. The molecule has 4 rings (SSSR count). The zero-order valence-corrected chi connectivity index (χ0v) is 19.4. The third kappa shape index (κ3) is 5.06. The van der Waals surface area contributed by atoms with E-state index in [1.807, 2.05) is 25.1 Å². The van der Waals surface area contributed by atoms with Gasteiger partial charge in [-0.1, -0.05) is 49.2 Å². The number of benzene rings is 1. The third-order valence-corrected chi connectivity index (χ3v) is 7.22. The van der Waals surface area contributed by atoms with Gasteiger partial charge in [-0.25, -0.2) is 0 Å². The normalized spacial score (nSPS) is 18.7. The minimum absolute atomic E-state index is 0.204. The van der Waals surface area contributed by atoms with Crippen LogP contribution in [0.5, 0.6) is 0 Å². The number of hydrogen-bond donors (Lipinski definition) is 0. The first-order valence-electron chi connectivity index (χ1n) is 11.5. The van der Waals surface area contributed by atoms with Gasteiger partial charge >= 0.3 is 0 Å². The monoisotopic (exact) mass is 443 g/mol. The van der Waals surface area contributed by atoms with Crippen LogP contribution in [0.25, 0.3) is 5.69 Å².